The third kappa shape index (κ3) is 3.69. The van der Waals surface area contributed by atoms with Gasteiger partial charge in [-0.3, -0.25) is 0 Å². The minimum atomic E-state index is -0.748. The molecule has 0 unspecified atom stereocenters. The molecule has 1 fully saturated rings. The first-order valence-corrected chi connectivity index (χ1v) is 7.97. The van der Waals surface area contributed by atoms with Gasteiger partial charge in [-0.15, -0.1) is 0 Å². The van der Waals surface area contributed by atoms with Crippen LogP contribution < -0.4 is 9.47 Å². The summed E-state index contributed by atoms with van der Waals surface area (Å²) in [5.74, 6) is 1.47. The first kappa shape index (κ1) is 16.1. The predicted octanol–water partition coefficient (Wildman–Crippen LogP) is 2.79. The van der Waals surface area contributed by atoms with Gasteiger partial charge < -0.3 is 19.5 Å². The summed E-state index contributed by atoms with van der Waals surface area (Å²) in [6.07, 6.45) is 1.53. The summed E-state index contributed by atoms with van der Waals surface area (Å²) >= 11 is 0. The molecule has 1 aliphatic rings. The van der Waals surface area contributed by atoms with Gasteiger partial charge in [-0.25, -0.2) is 0 Å². The molecule has 1 heterocycles. The van der Waals surface area contributed by atoms with E-state index in [4.69, 9.17) is 9.47 Å². The van der Waals surface area contributed by atoms with Gasteiger partial charge >= 0.3 is 0 Å². The lowest BCUT2D eigenvalue weighted by Crippen LogP contribution is -2.42. The smallest absolute Gasteiger partial charge is 0.161 e. The van der Waals surface area contributed by atoms with Crippen LogP contribution in [0.3, 0.4) is 0 Å². The summed E-state index contributed by atoms with van der Waals surface area (Å²) in [6, 6.07) is 5.82. The molecule has 0 saturated carbocycles. The van der Waals surface area contributed by atoms with Gasteiger partial charge in [-0.05, 0) is 50.9 Å². The third-order valence-electron chi connectivity index (χ3n) is 4.21. The second kappa shape index (κ2) is 7.14. The Kier molecular flexibility index (Phi) is 5.48. The van der Waals surface area contributed by atoms with Crippen LogP contribution in [0.15, 0.2) is 18.2 Å². The Morgan fingerprint density at radius 2 is 1.67 bits per heavy atom. The summed E-state index contributed by atoms with van der Waals surface area (Å²) in [6.45, 7) is 10.2. The number of hydrogen-bond donors (Lipinski definition) is 1. The number of ether oxygens (including phenoxy) is 2. The van der Waals surface area contributed by atoms with Gasteiger partial charge in [0, 0.05) is 13.1 Å². The lowest BCUT2D eigenvalue weighted by atomic mass is 9.84. The fourth-order valence-corrected chi connectivity index (χ4v) is 2.87. The first-order valence-electron chi connectivity index (χ1n) is 7.97. The Labute approximate surface area is 127 Å². The van der Waals surface area contributed by atoms with E-state index >= 15 is 0 Å². The highest BCUT2D eigenvalue weighted by Crippen LogP contribution is 2.37. The van der Waals surface area contributed by atoms with E-state index < -0.39 is 5.60 Å². The largest absolute Gasteiger partial charge is 0.490 e. The molecule has 1 N–H and O–H groups in total. The van der Waals surface area contributed by atoms with Crippen molar-refractivity contribution in [1.29, 1.82) is 0 Å². The molecule has 0 aliphatic carbocycles. The molecule has 0 spiro atoms. The molecule has 0 bridgehead atoms. The van der Waals surface area contributed by atoms with Crippen molar-refractivity contribution in [3.63, 3.8) is 0 Å². The van der Waals surface area contributed by atoms with Gasteiger partial charge in [0.1, 0.15) is 0 Å². The Hall–Kier alpha value is -1.26. The molecule has 1 aromatic rings. The van der Waals surface area contributed by atoms with E-state index in [-0.39, 0.29) is 0 Å². The summed E-state index contributed by atoms with van der Waals surface area (Å²) in [4.78, 5) is 2.37. The fourth-order valence-electron chi connectivity index (χ4n) is 2.87. The van der Waals surface area contributed by atoms with Crippen molar-refractivity contribution in [2.45, 2.75) is 39.2 Å². The molecule has 0 aromatic heterocycles. The highest BCUT2D eigenvalue weighted by atomic mass is 16.5. The van der Waals surface area contributed by atoms with Crippen LogP contribution in [0.2, 0.25) is 0 Å². The van der Waals surface area contributed by atoms with Crippen molar-refractivity contribution in [3.05, 3.63) is 23.8 Å². The van der Waals surface area contributed by atoms with Crippen molar-refractivity contribution in [2.75, 3.05) is 32.8 Å². The van der Waals surface area contributed by atoms with Gasteiger partial charge in [0.15, 0.2) is 11.5 Å². The highest BCUT2D eigenvalue weighted by Gasteiger charge is 2.34. The van der Waals surface area contributed by atoms with Crippen LogP contribution in [0, 0.1) is 0 Å². The molecule has 0 atom stereocenters. The van der Waals surface area contributed by atoms with Crippen molar-refractivity contribution < 1.29 is 14.6 Å². The minimum Gasteiger partial charge on any atom is -0.490 e. The molecule has 1 aliphatic heterocycles. The van der Waals surface area contributed by atoms with E-state index in [1.54, 1.807) is 0 Å². The second-order valence-corrected chi connectivity index (χ2v) is 5.49. The summed E-state index contributed by atoms with van der Waals surface area (Å²) in [5.41, 5.74) is 0.188. The molecule has 21 heavy (non-hydrogen) atoms. The minimum absolute atomic E-state index is 0.589. The summed E-state index contributed by atoms with van der Waals surface area (Å²) < 4.78 is 11.2. The van der Waals surface area contributed by atoms with Gasteiger partial charge in [-0.1, -0.05) is 13.0 Å². The third-order valence-corrected chi connectivity index (χ3v) is 4.21. The summed E-state index contributed by atoms with van der Waals surface area (Å²) in [5, 5.41) is 10.9. The van der Waals surface area contributed by atoms with E-state index in [1.807, 2.05) is 32.0 Å². The van der Waals surface area contributed by atoms with Gasteiger partial charge in [0.2, 0.25) is 0 Å². The molecule has 4 heteroatoms. The Morgan fingerprint density at radius 1 is 1.05 bits per heavy atom. The van der Waals surface area contributed by atoms with Crippen LogP contribution >= 0.6 is 0 Å². The Balaban J connectivity index is 2.21. The molecule has 0 radical (unpaired) electrons. The Morgan fingerprint density at radius 3 is 2.24 bits per heavy atom. The molecular formula is C17H27NO3. The number of rotatable bonds is 6. The number of hydrogen-bond acceptors (Lipinski definition) is 4. The average Bonchev–Trinajstić information content (AvgIpc) is 2.50. The van der Waals surface area contributed by atoms with Gasteiger partial charge in [-0.2, -0.15) is 0 Å². The van der Waals surface area contributed by atoms with Gasteiger partial charge in [0.05, 0.1) is 18.8 Å². The zero-order valence-electron chi connectivity index (χ0n) is 13.4. The maximum Gasteiger partial charge on any atom is 0.161 e. The molecule has 118 valence electrons. The van der Waals surface area contributed by atoms with Crippen LogP contribution in [0.25, 0.3) is 0 Å². The lowest BCUT2D eigenvalue weighted by Gasteiger charge is -2.38. The maximum atomic E-state index is 10.9. The van der Waals surface area contributed by atoms with Crippen molar-refractivity contribution in [2.24, 2.45) is 0 Å². The number of nitrogens with zero attached hydrogens (tertiary/aromatic N) is 1. The fraction of sp³-hybridized carbons (Fsp3) is 0.647. The van der Waals surface area contributed by atoms with Crippen LogP contribution in [-0.2, 0) is 5.60 Å². The van der Waals surface area contributed by atoms with Crippen molar-refractivity contribution in [1.82, 2.24) is 4.90 Å². The van der Waals surface area contributed by atoms with Crippen molar-refractivity contribution >= 4 is 0 Å². The van der Waals surface area contributed by atoms with Crippen molar-refractivity contribution in [3.8, 4) is 11.5 Å². The molecule has 1 aromatic carbocycles. The average molecular weight is 293 g/mol. The SMILES string of the molecule is CCOc1ccc(C2(O)CCN(CC)CC2)cc1OCC. The second-order valence-electron chi connectivity index (χ2n) is 5.49. The maximum absolute atomic E-state index is 10.9. The van der Waals surface area contributed by atoms with Crippen LogP contribution in [0.5, 0.6) is 11.5 Å². The molecule has 2 rings (SSSR count). The van der Waals surface area contributed by atoms with Gasteiger partial charge in [0.25, 0.3) is 0 Å². The number of likely N-dealkylation sites (tertiary alicyclic amines) is 1. The van der Waals surface area contributed by atoms with E-state index in [0.717, 1.165) is 49.5 Å². The standard InChI is InChI=1S/C17H27NO3/c1-4-18-11-9-17(19,10-12-18)14-7-8-15(20-5-2)16(13-14)21-6-3/h7-8,13,19H,4-6,9-12H2,1-3H3. The molecular weight excluding hydrogens is 266 g/mol. The van der Waals surface area contributed by atoms with Crippen LogP contribution in [-0.4, -0.2) is 42.9 Å². The molecule has 4 nitrogen and oxygen atoms in total. The number of benzene rings is 1. The van der Waals surface area contributed by atoms with E-state index in [2.05, 4.69) is 11.8 Å². The molecule has 0 amide bonds. The quantitative estimate of drug-likeness (QED) is 0.876. The monoisotopic (exact) mass is 293 g/mol. The topological polar surface area (TPSA) is 41.9 Å². The number of piperidine rings is 1. The zero-order valence-corrected chi connectivity index (χ0v) is 13.4. The lowest BCUT2D eigenvalue weighted by molar-refractivity contribution is -0.0248. The van der Waals surface area contributed by atoms with E-state index in [0.29, 0.717) is 13.2 Å². The zero-order chi connectivity index (χ0) is 15.3. The van der Waals surface area contributed by atoms with Crippen LogP contribution in [0.4, 0.5) is 0 Å². The number of aliphatic hydroxyl groups is 1. The summed E-state index contributed by atoms with van der Waals surface area (Å²) in [7, 11) is 0. The van der Waals surface area contributed by atoms with Crippen LogP contribution in [0.1, 0.15) is 39.2 Å². The normalized spacial score (nSPS) is 18.5. The first-order chi connectivity index (χ1) is 10.1. The molecule has 1 saturated heterocycles. The Bertz CT molecular complexity index is 453. The highest BCUT2D eigenvalue weighted by molar-refractivity contribution is 5.44. The predicted molar refractivity (Wildman–Crippen MR) is 84.0 cm³/mol. The van der Waals surface area contributed by atoms with E-state index in [1.165, 1.54) is 0 Å². The van der Waals surface area contributed by atoms with E-state index in [9.17, 15) is 5.11 Å².